The monoisotopic (exact) mass is 484 g/mol. The summed E-state index contributed by atoms with van der Waals surface area (Å²) in [6.45, 7) is 2.31. The molecular weight excluding hydrogens is 459 g/mol. The van der Waals surface area contributed by atoms with E-state index in [-0.39, 0.29) is 33.9 Å². The molecule has 9 heteroatoms. The van der Waals surface area contributed by atoms with Crippen LogP contribution in [-0.2, 0) is 26.0 Å². The SMILES string of the molecule is O=C(CCCOCCc1ccccc1)N1CCN(S(=O)(=O)c2cccc(Cl)c2Cl)CC1. The van der Waals surface area contributed by atoms with Crippen LogP contribution in [-0.4, -0.2) is 62.9 Å². The van der Waals surface area contributed by atoms with Crippen molar-refractivity contribution < 1.29 is 17.9 Å². The van der Waals surface area contributed by atoms with Crippen LogP contribution in [0.5, 0.6) is 0 Å². The van der Waals surface area contributed by atoms with Gasteiger partial charge in [0, 0.05) is 39.2 Å². The summed E-state index contributed by atoms with van der Waals surface area (Å²) >= 11 is 12.0. The number of carbonyl (C=O) groups is 1. The normalized spacial score (nSPS) is 15.2. The van der Waals surface area contributed by atoms with Gasteiger partial charge in [-0.2, -0.15) is 4.31 Å². The molecule has 1 heterocycles. The van der Waals surface area contributed by atoms with E-state index in [0.29, 0.717) is 39.1 Å². The molecule has 1 amide bonds. The van der Waals surface area contributed by atoms with Crippen molar-refractivity contribution in [2.75, 3.05) is 39.4 Å². The zero-order chi connectivity index (χ0) is 22.3. The highest BCUT2D eigenvalue weighted by atomic mass is 35.5. The van der Waals surface area contributed by atoms with Crippen LogP contribution in [0.25, 0.3) is 0 Å². The largest absolute Gasteiger partial charge is 0.381 e. The average Bonchev–Trinajstić information content (AvgIpc) is 2.78. The Labute approximate surface area is 193 Å². The summed E-state index contributed by atoms with van der Waals surface area (Å²) in [5.41, 5.74) is 1.23. The Bertz CT molecular complexity index is 978. The summed E-state index contributed by atoms with van der Waals surface area (Å²) in [6, 6.07) is 14.7. The predicted molar refractivity (Wildman–Crippen MR) is 122 cm³/mol. The molecule has 0 unspecified atom stereocenters. The van der Waals surface area contributed by atoms with Crippen LogP contribution in [0, 0.1) is 0 Å². The van der Waals surface area contributed by atoms with Crippen molar-refractivity contribution in [3.05, 3.63) is 64.1 Å². The fraction of sp³-hybridized carbons (Fsp3) is 0.409. The molecule has 3 rings (SSSR count). The molecule has 0 N–H and O–H groups in total. The van der Waals surface area contributed by atoms with Crippen LogP contribution in [0.1, 0.15) is 18.4 Å². The second-order valence-electron chi connectivity index (χ2n) is 7.29. The number of halogens is 2. The molecule has 0 aliphatic carbocycles. The maximum atomic E-state index is 12.9. The second-order valence-corrected chi connectivity index (χ2v) is 9.98. The maximum absolute atomic E-state index is 12.9. The van der Waals surface area contributed by atoms with Gasteiger partial charge >= 0.3 is 0 Å². The molecule has 2 aromatic rings. The Balaban J connectivity index is 1.39. The summed E-state index contributed by atoms with van der Waals surface area (Å²) < 4.78 is 32.7. The van der Waals surface area contributed by atoms with Gasteiger partial charge in [-0.3, -0.25) is 4.79 Å². The average molecular weight is 485 g/mol. The van der Waals surface area contributed by atoms with Gasteiger partial charge in [0.05, 0.1) is 16.7 Å². The second kappa shape index (κ2) is 11.3. The molecule has 6 nitrogen and oxygen atoms in total. The van der Waals surface area contributed by atoms with Crippen molar-refractivity contribution in [3.8, 4) is 0 Å². The smallest absolute Gasteiger partial charge is 0.244 e. The van der Waals surface area contributed by atoms with Crippen LogP contribution in [0.2, 0.25) is 10.0 Å². The highest BCUT2D eigenvalue weighted by Gasteiger charge is 2.31. The number of piperazine rings is 1. The first-order chi connectivity index (χ1) is 14.9. The Morgan fingerprint density at radius 3 is 2.35 bits per heavy atom. The molecule has 0 saturated carbocycles. The zero-order valence-corrected chi connectivity index (χ0v) is 19.5. The Morgan fingerprint density at radius 2 is 1.65 bits per heavy atom. The minimum Gasteiger partial charge on any atom is -0.381 e. The molecule has 1 aliphatic rings. The molecule has 1 fully saturated rings. The number of amides is 1. The third-order valence-electron chi connectivity index (χ3n) is 5.18. The molecule has 168 valence electrons. The molecule has 2 aromatic carbocycles. The molecule has 0 bridgehead atoms. The molecule has 0 spiro atoms. The molecule has 1 saturated heterocycles. The van der Waals surface area contributed by atoms with Gasteiger partial charge < -0.3 is 9.64 Å². The third-order valence-corrected chi connectivity index (χ3v) is 8.05. The topological polar surface area (TPSA) is 66.9 Å². The minimum atomic E-state index is -3.76. The number of ether oxygens (including phenoxy) is 1. The van der Waals surface area contributed by atoms with Crippen LogP contribution in [0.4, 0.5) is 0 Å². The molecular formula is C22H26Cl2N2O4S. The van der Waals surface area contributed by atoms with Gasteiger partial charge in [0.2, 0.25) is 15.9 Å². The quantitative estimate of drug-likeness (QED) is 0.506. The number of nitrogens with zero attached hydrogens (tertiary/aromatic N) is 2. The zero-order valence-electron chi connectivity index (χ0n) is 17.2. The van der Waals surface area contributed by atoms with Gasteiger partial charge in [-0.15, -0.1) is 0 Å². The van der Waals surface area contributed by atoms with Gasteiger partial charge in [0.25, 0.3) is 0 Å². The van der Waals surface area contributed by atoms with Gasteiger partial charge in [0.1, 0.15) is 4.90 Å². The molecule has 0 aromatic heterocycles. The third kappa shape index (κ3) is 6.43. The number of benzene rings is 2. The number of hydrogen-bond donors (Lipinski definition) is 0. The van der Waals surface area contributed by atoms with Crippen LogP contribution in [0.15, 0.2) is 53.4 Å². The fourth-order valence-electron chi connectivity index (χ4n) is 3.42. The number of sulfonamides is 1. The van der Waals surface area contributed by atoms with E-state index in [0.717, 1.165) is 6.42 Å². The summed E-state index contributed by atoms with van der Waals surface area (Å²) in [5.74, 6) is 0.0181. The number of carbonyl (C=O) groups excluding carboxylic acids is 1. The summed E-state index contributed by atoms with van der Waals surface area (Å²) in [6.07, 6.45) is 1.88. The van der Waals surface area contributed by atoms with Crippen LogP contribution >= 0.6 is 23.2 Å². The predicted octanol–water partition coefficient (Wildman–Crippen LogP) is 3.87. The van der Waals surface area contributed by atoms with E-state index in [2.05, 4.69) is 12.1 Å². The molecule has 1 aliphatic heterocycles. The van der Waals surface area contributed by atoms with Crippen LogP contribution < -0.4 is 0 Å². The minimum absolute atomic E-state index is 0.00547. The molecule has 0 radical (unpaired) electrons. The lowest BCUT2D eigenvalue weighted by Gasteiger charge is -2.34. The maximum Gasteiger partial charge on any atom is 0.244 e. The van der Waals surface area contributed by atoms with Crippen molar-refractivity contribution in [2.24, 2.45) is 0 Å². The first-order valence-electron chi connectivity index (χ1n) is 10.2. The van der Waals surface area contributed by atoms with E-state index in [4.69, 9.17) is 27.9 Å². The van der Waals surface area contributed by atoms with Crippen molar-refractivity contribution in [3.63, 3.8) is 0 Å². The van der Waals surface area contributed by atoms with Crippen molar-refractivity contribution >= 4 is 39.1 Å². The Hall–Kier alpha value is -1.64. The van der Waals surface area contributed by atoms with E-state index < -0.39 is 10.0 Å². The summed E-state index contributed by atoms with van der Waals surface area (Å²) in [4.78, 5) is 14.1. The lowest BCUT2D eigenvalue weighted by molar-refractivity contribution is -0.132. The van der Waals surface area contributed by atoms with Gasteiger partial charge in [-0.1, -0.05) is 59.6 Å². The Kier molecular flexibility index (Phi) is 8.75. The summed E-state index contributed by atoms with van der Waals surface area (Å²) in [5, 5.41) is 0.220. The highest BCUT2D eigenvalue weighted by Crippen LogP contribution is 2.31. The first-order valence-corrected chi connectivity index (χ1v) is 12.4. The molecule has 0 atom stereocenters. The van der Waals surface area contributed by atoms with Gasteiger partial charge in [-0.05, 0) is 30.5 Å². The van der Waals surface area contributed by atoms with E-state index in [9.17, 15) is 13.2 Å². The van der Waals surface area contributed by atoms with Gasteiger partial charge in [0.15, 0.2) is 0 Å². The standard InChI is InChI=1S/C22H26Cl2N2O4S/c23-19-8-4-9-20(22(19)24)31(28,29)26-14-12-25(13-15-26)21(27)10-5-16-30-17-11-18-6-2-1-3-7-18/h1-4,6-9H,5,10-17H2. The van der Waals surface area contributed by atoms with Crippen LogP contribution in [0.3, 0.4) is 0 Å². The van der Waals surface area contributed by atoms with E-state index >= 15 is 0 Å². The van der Waals surface area contributed by atoms with Crippen molar-refractivity contribution in [1.82, 2.24) is 9.21 Å². The first kappa shape index (κ1) is 24.0. The summed E-state index contributed by atoms with van der Waals surface area (Å²) in [7, 11) is -3.76. The molecule has 31 heavy (non-hydrogen) atoms. The van der Waals surface area contributed by atoms with E-state index in [1.54, 1.807) is 17.0 Å². The van der Waals surface area contributed by atoms with Gasteiger partial charge in [-0.25, -0.2) is 8.42 Å². The van der Waals surface area contributed by atoms with Crippen molar-refractivity contribution in [2.45, 2.75) is 24.2 Å². The lowest BCUT2D eigenvalue weighted by atomic mass is 10.2. The van der Waals surface area contributed by atoms with E-state index in [1.165, 1.54) is 15.9 Å². The lowest BCUT2D eigenvalue weighted by Crippen LogP contribution is -2.50. The number of hydrogen-bond acceptors (Lipinski definition) is 4. The number of rotatable bonds is 9. The fourth-order valence-corrected chi connectivity index (χ4v) is 5.58. The van der Waals surface area contributed by atoms with E-state index in [1.807, 2.05) is 18.2 Å². The Morgan fingerprint density at radius 1 is 0.935 bits per heavy atom. The highest BCUT2D eigenvalue weighted by molar-refractivity contribution is 7.89. The van der Waals surface area contributed by atoms with Crippen molar-refractivity contribution in [1.29, 1.82) is 0 Å².